The van der Waals surface area contributed by atoms with Gasteiger partial charge >= 0.3 is 0 Å². The van der Waals surface area contributed by atoms with Gasteiger partial charge in [0.15, 0.2) is 0 Å². The molecule has 0 bridgehead atoms. The molecule has 0 amide bonds. The van der Waals surface area contributed by atoms with Gasteiger partial charge < -0.3 is 0 Å². The molecule has 0 aliphatic heterocycles. The summed E-state index contributed by atoms with van der Waals surface area (Å²) in [7, 11) is 0. The quantitative estimate of drug-likeness (QED) is 0.319. The van der Waals surface area contributed by atoms with Crippen LogP contribution in [0, 0.1) is 11.3 Å². The minimum absolute atomic E-state index is 0.522. The summed E-state index contributed by atoms with van der Waals surface area (Å²) in [5.41, 5.74) is 0.522. The molecule has 0 spiro atoms. The molecule has 0 N–H and O–H groups in total. The Balaban J connectivity index is 0. The minimum Gasteiger partial charge on any atom is -0.299 e. The molecule has 0 aromatic rings. The van der Waals surface area contributed by atoms with E-state index in [-0.39, 0.29) is 0 Å². The summed E-state index contributed by atoms with van der Waals surface area (Å²) in [4.78, 5) is 9.81. The first-order valence-electron chi connectivity index (χ1n) is 7.43. The summed E-state index contributed by atoms with van der Waals surface area (Å²) in [6.45, 7) is 13.6. The van der Waals surface area contributed by atoms with Crippen LogP contribution in [-0.4, -0.2) is 6.29 Å². The average Bonchev–Trinajstić information content (AvgIpc) is 2.20. The topological polar surface area (TPSA) is 17.1 Å². The SMILES string of the molecule is CC(C)CC(C)(C)C.CCCCCC/C=C/C=O. The van der Waals surface area contributed by atoms with Gasteiger partial charge in [-0.25, -0.2) is 0 Å². The molecule has 0 aromatic carbocycles. The zero-order valence-electron chi connectivity index (χ0n) is 13.5. The molecular weight excluding hydrogens is 220 g/mol. The molecular formula is C17H34O. The molecule has 0 aliphatic rings. The Morgan fingerprint density at radius 1 is 1.06 bits per heavy atom. The van der Waals surface area contributed by atoms with Crippen molar-refractivity contribution < 1.29 is 4.79 Å². The van der Waals surface area contributed by atoms with E-state index in [4.69, 9.17) is 0 Å². The first kappa shape index (κ1) is 19.7. The fourth-order valence-electron chi connectivity index (χ4n) is 2.07. The maximum Gasteiger partial charge on any atom is 0.142 e. The van der Waals surface area contributed by atoms with Crippen LogP contribution in [0.2, 0.25) is 0 Å². The van der Waals surface area contributed by atoms with Gasteiger partial charge in [-0.3, -0.25) is 4.79 Å². The Kier molecular flexibility index (Phi) is 14.1. The lowest BCUT2D eigenvalue weighted by molar-refractivity contribution is -0.104. The van der Waals surface area contributed by atoms with E-state index < -0.39 is 0 Å². The summed E-state index contributed by atoms with van der Waals surface area (Å²) in [6, 6.07) is 0. The fourth-order valence-corrected chi connectivity index (χ4v) is 2.07. The van der Waals surface area contributed by atoms with Crippen LogP contribution >= 0.6 is 0 Å². The second-order valence-electron chi connectivity index (χ2n) is 6.57. The molecule has 0 heterocycles. The molecule has 18 heavy (non-hydrogen) atoms. The molecule has 108 valence electrons. The second kappa shape index (κ2) is 12.9. The highest BCUT2D eigenvalue weighted by atomic mass is 16.1. The summed E-state index contributed by atoms with van der Waals surface area (Å²) >= 11 is 0. The summed E-state index contributed by atoms with van der Waals surface area (Å²) in [6.07, 6.45) is 11.8. The zero-order valence-corrected chi connectivity index (χ0v) is 13.5. The summed E-state index contributed by atoms with van der Waals surface area (Å²) in [5, 5.41) is 0. The first-order chi connectivity index (χ1) is 8.33. The fraction of sp³-hybridized carbons (Fsp3) is 0.824. The van der Waals surface area contributed by atoms with Crippen molar-refractivity contribution in [3.8, 4) is 0 Å². The van der Waals surface area contributed by atoms with E-state index in [1.807, 2.05) is 6.08 Å². The van der Waals surface area contributed by atoms with Gasteiger partial charge in [0, 0.05) is 0 Å². The third kappa shape index (κ3) is 24.6. The molecule has 0 rings (SSSR count). The number of aldehydes is 1. The van der Waals surface area contributed by atoms with Crippen molar-refractivity contribution in [2.45, 2.75) is 80.1 Å². The lowest BCUT2D eigenvalue weighted by Crippen LogP contribution is -2.08. The summed E-state index contributed by atoms with van der Waals surface area (Å²) in [5.74, 6) is 0.843. The third-order valence-corrected chi connectivity index (χ3v) is 2.46. The second-order valence-corrected chi connectivity index (χ2v) is 6.57. The number of hydrogen-bond acceptors (Lipinski definition) is 1. The maximum absolute atomic E-state index is 9.81. The van der Waals surface area contributed by atoms with Gasteiger partial charge in [-0.15, -0.1) is 0 Å². The van der Waals surface area contributed by atoms with Crippen LogP contribution in [0.15, 0.2) is 12.2 Å². The standard InChI is InChI=1S/C9H16O.C8H18/c1-2-3-4-5-6-7-8-9-10;1-7(2)6-8(3,4)5/h7-9H,2-6H2,1H3;7H,6H2,1-5H3/b8-7+;. The van der Waals surface area contributed by atoms with Crippen LogP contribution in [0.3, 0.4) is 0 Å². The van der Waals surface area contributed by atoms with Crippen LogP contribution in [0.25, 0.3) is 0 Å². The predicted molar refractivity (Wildman–Crippen MR) is 82.9 cm³/mol. The van der Waals surface area contributed by atoms with E-state index >= 15 is 0 Å². The van der Waals surface area contributed by atoms with Crippen molar-refractivity contribution in [2.75, 3.05) is 0 Å². The number of carbonyl (C=O) groups excluding carboxylic acids is 1. The Bertz CT molecular complexity index is 196. The van der Waals surface area contributed by atoms with Crippen molar-refractivity contribution in [3.63, 3.8) is 0 Å². The molecule has 0 atom stereocenters. The highest BCUT2D eigenvalue weighted by Crippen LogP contribution is 2.23. The van der Waals surface area contributed by atoms with Gasteiger partial charge in [0.2, 0.25) is 0 Å². The van der Waals surface area contributed by atoms with E-state index in [9.17, 15) is 4.79 Å². The largest absolute Gasteiger partial charge is 0.299 e. The van der Waals surface area contributed by atoms with Crippen molar-refractivity contribution in [2.24, 2.45) is 11.3 Å². The lowest BCUT2D eigenvalue weighted by atomic mass is 9.86. The van der Waals surface area contributed by atoms with Crippen LogP contribution < -0.4 is 0 Å². The Labute approximate surface area is 115 Å². The van der Waals surface area contributed by atoms with Crippen molar-refractivity contribution >= 4 is 6.29 Å². The van der Waals surface area contributed by atoms with Crippen LogP contribution in [0.1, 0.15) is 80.1 Å². The van der Waals surface area contributed by atoms with Gasteiger partial charge in [0.1, 0.15) is 6.29 Å². The summed E-state index contributed by atoms with van der Waals surface area (Å²) < 4.78 is 0. The molecule has 0 aliphatic carbocycles. The van der Waals surface area contributed by atoms with Crippen LogP contribution in [0.5, 0.6) is 0 Å². The van der Waals surface area contributed by atoms with Gasteiger partial charge in [-0.2, -0.15) is 0 Å². The Morgan fingerprint density at radius 3 is 2.00 bits per heavy atom. The highest BCUT2D eigenvalue weighted by Gasteiger charge is 2.11. The van der Waals surface area contributed by atoms with Gasteiger partial charge in [-0.05, 0) is 36.7 Å². The molecule has 1 nitrogen and oxygen atoms in total. The van der Waals surface area contributed by atoms with E-state index in [1.54, 1.807) is 6.08 Å². The van der Waals surface area contributed by atoms with Crippen molar-refractivity contribution in [1.29, 1.82) is 0 Å². The van der Waals surface area contributed by atoms with E-state index in [0.29, 0.717) is 5.41 Å². The average molecular weight is 254 g/mol. The van der Waals surface area contributed by atoms with Gasteiger partial charge in [-0.1, -0.05) is 66.9 Å². The number of hydrogen-bond donors (Lipinski definition) is 0. The number of allylic oxidation sites excluding steroid dienone is 2. The van der Waals surface area contributed by atoms with Crippen LogP contribution in [0.4, 0.5) is 0 Å². The maximum atomic E-state index is 9.81. The molecule has 0 unspecified atom stereocenters. The molecule has 1 heteroatoms. The normalized spacial score (nSPS) is 11.5. The van der Waals surface area contributed by atoms with Gasteiger partial charge in [0.25, 0.3) is 0 Å². The number of carbonyl (C=O) groups is 1. The smallest absolute Gasteiger partial charge is 0.142 e. The number of rotatable bonds is 7. The molecule has 0 saturated heterocycles. The lowest BCUT2D eigenvalue weighted by Gasteiger charge is -2.19. The molecule has 0 aromatic heterocycles. The third-order valence-electron chi connectivity index (χ3n) is 2.46. The van der Waals surface area contributed by atoms with Crippen molar-refractivity contribution in [1.82, 2.24) is 0 Å². The predicted octanol–water partition coefficient (Wildman–Crippen LogP) is 5.79. The Hall–Kier alpha value is -0.590. The highest BCUT2D eigenvalue weighted by molar-refractivity contribution is 5.64. The van der Waals surface area contributed by atoms with Crippen LogP contribution in [-0.2, 0) is 4.79 Å². The van der Waals surface area contributed by atoms with Gasteiger partial charge in [0.05, 0.1) is 0 Å². The van der Waals surface area contributed by atoms with E-state index in [1.165, 1.54) is 32.1 Å². The monoisotopic (exact) mass is 254 g/mol. The molecule has 0 radical (unpaired) electrons. The number of unbranched alkanes of at least 4 members (excludes halogenated alkanes) is 4. The minimum atomic E-state index is 0.522. The molecule has 0 fully saturated rings. The van der Waals surface area contributed by atoms with E-state index in [0.717, 1.165) is 18.6 Å². The molecule has 0 saturated carbocycles. The Morgan fingerprint density at radius 2 is 1.67 bits per heavy atom. The first-order valence-corrected chi connectivity index (χ1v) is 7.43. The zero-order chi connectivity index (χ0) is 14.4. The van der Waals surface area contributed by atoms with Crippen molar-refractivity contribution in [3.05, 3.63) is 12.2 Å². The van der Waals surface area contributed by atoms with E-state index in [2.05, 4.69) is 41.5 Å².